The summed E-state index contributed by atoms with van der Waals surface area (Å²) < 4.78 is 96.1. The molecule has 0 aromatic heterocycles. The van der Waals surface area contributed by atoms with Crippen LogP contribution >= 0.6 is 0 Å². The number of carbonyl (C=O) groups is 1. The second kappa shape index (κ2) is 13.1. The van der Waals surface area contributed by atoms with E-state index in [-0.39, 0.29) is 53.0 Å². The van der Waals surface area contributed by atoms with Crippen LogP contribution in [0.5, 0.6) is 17.2 Å². The van der Waals surface area contributed by atoms with Gasteiger partial charge in [-0.15, -0.1) is 8.78 Å². The van der Waals surface area contributed by atoms with E-state index >= 15 is 0 Å². The molecule has 10 nitrogen and oxygen atoms in total. The van der Waals surface area contributed by atoms with Crippen molar-refractivity contribution in [3.8, 4) is 17.2 Å². The minimum atomic E-state index is -3.78. The zero-order chi connectivity index (χ0) is 32.4. The van der Waals surface area contributed by atoms with Crippen LogP contribution in [0.25, 0.3) is 0 Å². The molecular formula is C30H30F4N2O8S. The quantitative estimate of drug-likeness (QED) is 0.271. The lowest BCUT2D eigenvalue weighted by Gasteiger charge is -2.26. The van der Waals surface area contributed by atoms with Gasteiger partial charge in [-0.2, -0.15) is 8.78 Å². The molecule has 0 bridgehead atoms. The lowest BCUT2D eigenvalue weighted by molar-refractivity contribution is -0.286. The Labute approximate surface area is 256 Å². The number of hydrogen-bond acceptors (Lipinski definition) is 9. The maximum Gasteiger partial charge on any atom is 0.586 e. The molecule has 1 saturated heterocycles. The lowest BCUT2D eigenvalue weighted by Crippen LogP contribution is -2.34. The molecule has 0 radical (unpaired) electrons. The number of fused-ring (bicyclic) bond motifs is 1. The summed E-state index contributed by atoms with van der Waals surface area (Å²) in [5, 5.41) is 12.6. The first kappa shape index (κ1) is 32.3. The average molecular weight is 655 g/mol. The number of amides is 1. The second-order valence-corrected chi connectivity index (χ2v) is 12.7. The van der Waals surface area contributed by atoms with Gasteiger partial charge in [0.1, 0.15) is 11.9 Å². The highest BCUT2D eigenvalue weighted by Crippen LogP contribution is 2.43. The molecule has 2 aliphatic heterocycles. The van der Waals surface area contributed by atoms with Crippen LogP contribution < -0.4 is 24.4 Å². The molecule has 2 heterocycles. The number of halogens is 4. The molecule has 242 valence electrons. The maximum atomic E-state index is 13.4. The van der Waals surface area contributed by atoms with Crippen LogP contribution in [0.2, 0.25) is 0 Å². The van der Waals surface area contributed by atoms with Crippen LogP contribution in [0.4, 0.5) is 23.2 Å². The monoisotopic (exact) mass is 654 g/mol. The Balaban J connectivity index is 1.26. The predicted octanol–water partition coefficient (Wildman–Crippen LogP) is 4.53. The summed E-state index contributed by atoms with van der Waals surface area (Å²) in [5.74, 6) is -0.666. The minimum Gasteiger partial charge on any atom is -0.488 e. The van der Waals surface area contributed by atoms with Crippen LogP contribution in [0.15, 0.2) is 71.6 Å². The Hall–Kier alpha value is -4.08. The van der Waals surface area contributed by atoms with Gasteiger partial charge in [0.15, 0.2) is 21.3 Å². The van der Waals surface area contributed by atoms with Crippen molar-refractivity contribution in [2.75, 3.05) is 30.4 Å². The number of nitrogens with zero attached hydrogens (tertiary/aromatic N) is 1. The number of rotatable bonds is 12. The Morgan fingerprint density at radius 1 is 1.07 bits per heavy atom. The third-order valence-electron chi connectivity index (χ3n) is 7.44. The maximum absolute atomic E-state index is 13.4. The van der Waals surface area contributed by atoms with Crippen molar-refractivity contribution >= 4 is 21.4 Å². The molecule has 0 saturated carbocycles. The van der Waals surface area contributed by atoms with Gasteiger partial charge in [-0.1, -0.05) is 19.1 Å². The highest BCUT2D eigenvalue weighted by atomic mass is 32.2. The van der Waals surface area contributed by atoms with Gasteiger partial charge < -0.3 is 34.3 Å². The van der Waals surface area contributed by atoms with Gasteiger partial charge in [0.05, 0.1) is 42.5 Å². The number of hydrogen-bond donors (Lipinski definition) is 2. The van der Waals surface area contributed by atoms with E-state index < -0.39 is 53.4 Å². The van der Waals surface area contributed by atoms with E-state index in [1.807, 2.05) is 0 Å². The molecule has 0 aliphatic carbocycles. The molecule has 5 rings (SSSR count). The van der Waals surface area contributed by atoms with Gasteiger partial charge in [-0.25, -0.2) is 8.42 Å². The number of ether oxygens (including phenoxy) is 4. The number of anilines is 1. The molecule has 3 aromatic rings. The van der Waals surface area contributed by atoms with E-state index in [2.05, 4.69) is 19.5 Å². The van der Waals surface area contributed by atoms with Gasteiger partial charge in [-0.05, 0) is 54.1 Å². The van der Waals surface area contributed by atoms with Crippen LogP contribution in [0.3, 0.4) is 0 Å². The first-order valence-corrected chi connectivity index (χ1v) is 15.6. The summed E-state index contributed by atoms with van der Waals surface area (Å²) in [5.41, 5.74) is 1.36. The fourth-order valence-corrected chi connectivity index (χ4v) is 6.05. The number of aliphatic hydroxyl groups is 1. The lowest BCUT2D eigenvalue weighted by atomic mass is 10.1. The summed E-state index contributed by atoms with van der Waals surface area (Å²) in [6.45, 7) is -1.96. The largest absolute Gasteiger partial charge is 0.586 e. The summed E-state index contributed by atoms with van der Waals surface area (Å²) in [6.07, 6.45) is -4.03. The first-order valence-electron chi connectivity index (χ1n) is 13.9. The van der Waals surface area contributed by atoms with Gasteiger partial charge >= 0.3 is 12.9 Å². The van der Waals surface area contributed by atoms with Crippen molar-refractivity contribution in [2.24, 2.45) is 0 Å². The van der Waals surface area contributed by atoms with Crippen LogP contribution in [0.1, 0.15) is 35.3 Å². The van der Waals surface area contributed by atoms with Crippen molar-refractivity contribution in [3.05, 3.63) is 77.9 Å². The van der Waals surface area contributed by atoms with Crippen LogP contribution in [-0.4, -0.2) is 70.0 Å². The molecule has 1 fully saturated rings. The van der Waals surface area contributed by atoms with E-state index in [9.17, 15) is 35.9 Å². The summed E-state index contributed by atoms with van der Waals surface area (Å²) in [4.78, 5) is 14.9. The highest BCUT2D eigenvalue weighted by molar-refractivity contribution is 7.91. The fourth-order valence-electron chi connectivity index (χ4n) is 5.17. The normalized spacial score (nSPS) is 19.5. The smallest absolute Gasteiger partial charge is 0.488 e. The van der Waals surface area contributed by atoms with Crippen LogP contribution in [0, 0.1) is 0 Å². The summed E-state index contributed by atoms with van der Waals surface area (Å²) in [7, 11) is -3.40. The Morgan fingerprint density at radius 3 is 2.40 bits per heavy atom. The van der Waals surface area contributed by atoms with E-state index in [0.29, 0.717) is 11.3 Å². The standard InChI is InChI=1S/C30H30F4N2O8S/c1-2-45(39,40)24-10-5-18(6-11-24)25(16-37)35-28(38)19-3-7-20(8-4-19)36-15-23(13-21(36)17-41-29(31)32)42-22-9-12-26-27(14-22)44-30(33,34)43-26/h3-12,14,21,23,25,29,37H,2,13,15-17H2,1H3,(H,35,38)/t21-,23?,25-/m0/s1. The summed E-state index contributed by atoms with van der Waals surface area (Å²) in [6, 6.07) is 14.9. The Morgan fingerprint density at radius 2 is 1.76 bits per heavy atom. The Kier molecular flexibility index (Phi) is 9.41. The van der Waals surface area contributed by atoms with Crippen LogP contribution in [-0.2, 0) is 14.6 Å². The predicted molar refractivity (Wildman–Crippen MR) is 153 cm³/mol. The van der Waals surface area contributed by atoms with Crippen molar-refractivity contribution < 1.29 is 54.8 Å². The molecule has 1 unspecified atom stereocenters. The van der Waals surface area contributed by atoms with Gasteiger partial charge in [-0.3, -0.25) is 4.79 Å². The van der Waals surface area contributed by atoms with E-state index in [4.69, 9.17) is 4.74 Å². The summed E-state index contributed by atoms with van der Waals surface area (Å²) >= 11 is 0. The zero-order valence-electron chi connectivity index (χ0n) is 23.9. The van der Waals surface area contributed by atoms with Crippen molar-refractivity contribution in [1.82, 2.24) is 5.32 Å². The van der Waals surface area contributed by atoms with Gasteiger partial charge in [0.2, 0.25) is 0 Å². The second-order valence-electron chi connectivity index (χ2n) is 10.4. The van der Waals surface area contributed by atoms with Crippen molar-refractivity contribution in [1.29, 1.82) is 0 Å². The molecule has 15 heteroatoms. The molecule has 0 spiro atoms. The van der Waals surface area contributed by atoms with Gasteiger partial charge in [0.25, 0.3) is 5.91 Å². The molecule has 3 atom stereocenters. The molecular weight excluding hydrogens is 624 g/mol. The molecule has 1 amide bonds. The third kappa shape index (κ3) is 7.60. The fraction of sp³-hybridized carbons (Fsp3) is 0.367. The third-order valence-corrected chi connectivity index (χ3v) is 9.19. The topological polar surface area (TPSA) is 124 Å². The average Bonchev–Trinajstić information content (AvgIpc) is 3.56. The van der Waals surface area contributed by atoms with E-state index in [1.54, 1.807) is 17.0 Å². The molecule has 2 N–H and O–H groups in total. The van der Waals surface area contributed by atoms with Gasteiger partial charge in [0, 0.05) is 23.7 Å². The number of benzene rings is 3. The zero-order valence-corrected chi connectivity index (χ0v) is 24.7. The SMILES string of the molecule is CCS(=O)(=O)c1ccc([C@H](CO)NC(=O)c2ccc(N3CC(Oc4ccc5c(c4)OC(F)(F)O5)C[C@H]3COC(F)F)cc2)cc1. The number of nitrogens with one attached hydrogen (secondary N) is 1. The first-order chi connectivity index (χ1) is 21.4. The number of sulfone groups is 1. The Bertz CT molecular complexity index is 1610. The van der Waals surface area contributed by atoms with Crippen molar-refractivity contribution in [2.45, 2.75) is 49.3 Å². The van der Waals surface area contributed by atoms with E-state index in [1.165, 1.54) is 61.5 Å². The number of carbonyl (C=O) groups excluding carboxylic acids is 1. The van der Waals surface area contributed by atoms with E-state index in [0.717, 1.165) is 0 Å². The molecule has 2 aliphatic rings. The highest BCUT2D eigenvalue weighted by Gasteiger charge is 2.44. The number of aliphatic hydroxyl groups excluding tert-OH is 1. The molecule has 45 heavy (non-hydrogen) atoms. The van der Waals surface area contributed by atoms with Crippen molar-refractivity contribution in [3.63, 3.8) is 0 Å². The number of alkyl halides is 4. The minimum absolute atomic E-state index is 0.0583. The molecule has 3 aromatic carbocycles.